The predicted octanol–water partition coefficient (Wildman–Crippen LogP) is 2.52. The van der Waals surface area contributed by atoms with E-state index in [2.05, 4.69) is 5.32 Å². The molecule has 5 nitrogen and oxygen atoms in total. The van der Waals surface area contributed by atoms with Gasteiger partial charge in [-0.3, -0.25) is 4.79 Å². The van der Waals surface area contributed by atoms with E-state index in [9.17, 15) is 14.7 Å². The molecule has 0 heterocycles. The SMILES string of the molecule is CCC(C)C(NC(=O)C(C)N(CC)c1ccccc1)C(=O)O. The second kappa shape index (κ2) is 8.41. The van der Waals surface area contributed by atoms with Gasteiger partial charge in [0, 0.05) is 12.2 Å². The first-order chi connectivity index (χ1) is 10.4. The van der Waals surface area contributed by atoms with Gasteiger partial charge in [-0.25, -0.2) is 4.79 Å². The number of hydrogen-bond acceptors (Lipinski definition) is 3. The first-order valence-corrected chi connectivity index (χ1v) is 7.77. The van der Waals surface area contributed by atoms with Crippen LogP contribution in [0.25, 0.3) is 0 Å². The van der Waals surface area contributed by atoms with E-state index in [-0.39, 0.29) is 11.8 Å². The molecule has 3 atom stereocenters. The van der Waals surface area contributed by atoms with Crippen LogP contribution in [0.2, 0.25) is 0 Å². The normalized spacial score (nSPS) is 14.7. The molecule has 0 fully saturated rings. The zero-order valence-corrected chi connectivity index (χ0v) is 13.7. The quantitative estimate of drug-likeness (QED) is 0.774. The summed E-state index contributed by atoms with van der Waals surface area (Å²) in [7, 11) is 0. The summed E-state index contributed by atoms with van der Waals surface area (Å²) in [6, 6.07) is 8.36. The second-order valence-corrected chi connectivity index (χ2v) is 5.51. The minimum atomic E-state index is -0.988. The van der Waals surface area contributed by atoms with Crippen molar-refractivity contribution in [3.8, 4) is 0 Å². The lowest BCUT2D eigenvalue weighted by atomic mass is 9.99. The van der Waals surface area contributed by atoms with Crippen LogP contribution in [-0.2, 0) is 9.59 Å². The van der Waals surface area contributed by atoms with Crippen LogP contribution in [0.3, 0.4) is 0 Å². The number of carboxylic acid groups (broad SMARTS) is 1. The Balaban J connectivity index is 2.84. The molecule has 5 heteroatoms. The van der Waals surface area contributed by atoms with Gasteiger partial charge in [0.2, 0.25) is 5.91 Å². The molecule has 0 aliphatic rings. The summed E-state index contributed by atoms with van der Waals surface area (Å²) in [6.45, 7) is 8.18. The Bertz CT molecular complexity index is 490. The highest BCUT2D eigenvalue weighted by molar-refractivity contribution is 5.89. The van der Waals surface area contributed by atoms with Gasteiger partial charge in [-0.15, -0.1) is 0 Å². The number of rotatable bonds is 8. The van der Waals surface area contributed by atoms with Crippen molar-refractivity contribution in [2.24, 2.45) is 5.92 Å². The minimum absolute atomic E-state index is 0.111. The average Bonchev–Trinajstić information content (AvgIpc) is 2.52. The first-order valence-electron chi connectivity index (χ1n) is 7.77. The summed E-state index contributed by atoms with van der Waals surface area (Å²) in [6.07, 6.45) is 0.696. The van der Waals surface area contributed by atoms with Crippen LogP contribution < -0.4 is 10.2 Å². The standard InChI is InChI=1S/C17H26N2O3/c1-5-12(3)15(17(21)22)18-16(20)13(4)19(6-2)14-10-8-7-9-11-14/h7-13,15H,5-6H2,1-4H3,(H,18,20)(H,21,22). The van der Waals surface area contributed by atoms with Crippen molar-refractivity contribution < 1.29 is 14.7 Å². The molecular weight excluding hydrogens is 280 g/mol. The number of nitrogens with one attached hydrogen (secondary N) is 1. The number of carbonyl (C=O) groups is 2. The van der Waals surface area contributed by atoms with Crippen LogP contribution in [0.15, 0.2) is 30.3 Å². The predicted molar refractivity (Wildman–Crippen MR) is 87.9 cm³/mol. The van der Waals surface area contributed by atoms with Crippen molar-refractivity contribution >= 4 is 17.6 Å². The molecule has 0 aliphatic heterocycles. The van der Waals surface area contributed by atoms with Gasteiger partial charge in [-0.1, -0.05) is 38.5 Å². The Morgan fingerprint density at radius 3 is 2.23 bits per heavy atom. The molecule has 122 valence electrons. The van der Waals surface area contributed by atoms with Crippen LogP contribution in [0.5, 0.6) is 0 Å². The molecule has 3 unspecified atom stereocenters. The van der Waals surface area contributed by atoms with Crippen LogP contribution >= 0.6 is 0 Å². The van der Waals surface area contributed by atoms with Gasteiger partial charge in [-0.2, -0.15) is 0 Å². The number of amides is 1. The monoisotopic (exact) mass is 306 g/mol. The highest BCUT2D eigenvalue weighted by Gasteiger charge is 2.29. The summed E-state index contributed by atoms with van der Waals surface area (Å²) >= 11 is 0. The first kappa shape index (κ1) is 18.0. The van der Waals surface area contributed by atoms with Crippen molar-refractivity contribution in [2.45, 2.75) is 46.2 Å². The fraction of sp³-hybridized carbons (Fsp3) is 0.529. The number of carbonyl (C=O) groups excluding carboxylic acids is 1. The van der Waals surface area contributed by atoms with Crippen LogP contribution in [0, 0.1) is 5.92 Å². The Hall–Kier alpha value is -2.04. The highest BCUT2D eigenvalue weighted by atomic mass is 16.4. The van der Waals surface area contributed by atoms with Crippen LogP contribution in [-0.4, -0.2) is 35.6 Å². The Labute approximate surface area is 132 Å². The molecule has 0 aliphatic carbocycles. The molecule has 0 radical (unpaired) electrons. The number of benzene rings is 1. The van der Waals surface area contributed by atoms with E-state index >= 15 is 0 Å². The van der Waals surface area contributed by atoms with Gasteiger partial charge in [0.15, 0.2) is 0 Å². The zero-order chi connectivity index (χ0) is 16.7. The number of anilines is 1. The Morgan fingerprint density at radius 1 is 1.18 bits per heavy atom. The molecule has 0 bridgehead atoms. The molecule has 0 spiro atoms. The van der Waals surface area contributed by atoms with Crippen molar-refractivity contribution in [2.75, 3.05) is 11.4 Å². The summed E-state index contributed by atoms with van der Waals surface area (Å²) in [5.74, 6) is -1.36. The lowest BCUT2D eigenvalue weighted by Crippen LogP contribution is -2.52. The van der Waals surface area contributed by atoms with Crippen LogP contribution in [0.4, 0.5) is 5.69 Å². The molecule has 1 amide bonds. The fourth-order valence-electron chi connectivity index (χ4n) is 2.40. The van der Waals surface area contributed by atoms with E-state index in [4.69, 9.17) is 0 Å². The molecular formula is C17H26N2O3. The molecule has 0 aromatic heterocycles. The summed E-state index contributed by atoms with van der Waals surface area (Å²) in [4.78, 5) is 25.7. The smallest absolute Gasteiger partial charge is 0.326 e. The molecule has 0 saturated carbocycles. The molecule has 0 saturated heterocycles. The largest absolute Gasteiger partial charge is 0.480 e. The molecule has 1 aromatic rings. The van der Waals surface area contributed by atoms with E-state index < -0.39 is 18.1 Å². The van der Waals surface area contributed by atoms with Gasteiger partial charge < -0.3 is 15.3 Å². The highest BCUT2D eigenvalue weighted by Crippen LogP contribution is 2.17. The summed E-state index contributed by atoms with van der Waals surface area (Å²) in [5, 5.41) is 12.0. The number of para-hydroxylation sites is 1. The topological polar surface area (TPSA) is 69.6 Å². The summed E-state index contributed by atoms with van der Waals surface area (Å²) in [5.41, 5.74) is 0.947. The lowest BCUT2D eigenvalue weighted by Gasteiger charge is -2.31. The van der Waals surface area contributed by atoms with Crippen molar-refractivity contribution in [1.82, 2.24) is 5.32 Å². The maximum atomic E-state index is 12.4. The van der Waals surface area contributed by atoms with Crippen molar-refractivity contribution in [3.05, 3.63) is 30.3 Å². The number of likely N-dealkylation sites (N-methyl/N-ethyl adjacent to an activating group) is 1. The van der Waals surface area contributed by atoms with Crippen LogP contribution in [0.1, 0.15) is 34.1 Å². The number of nitrogens with zero attached hydrogens (tertiary/aromatic N) is 1. The number of aliphatic carboxylic acids is 1. The van der Waals surface area contributed by atoms with E-state index in [0.29, 0.717) is 13.0 Å². The minimum Gasteiger partial charge on any atom is -0.480 e. The zero-order valence-electron chi connectivity index (χ0n) is 13.7. The van der Waals surface area contributed by atoms with E-state index in [1.807, 2.05) is 56.0 Å². The average molecular weight is 306 g/mol. The fourth-order valence-corrected chi connectivity index (χ4v) is 2.40. The van der Waals surface area contributed by atoms with E-state index in [1.54, 1.807) is 6.92 Å². The third-order valence-corrected chi connectivity index (χ3v) is 4.05. The molecule has 22 heavy (non-hydrogen) atoms. The third-order valence-electron chi connectivity index (χ3n) is 4.05. The van der Waals surface area contributed by atoms with Gasteiger partial charge in [0.05, 0.1) is 0 Å². The molecule has 2 N–H and O–H groups in total. The molecule has 1 aromatic carbocycles. The maximum Gasteiger partial charge on any atom is 0.326 e. The molecule has 1 rings (SSSR count). The Morgan fingerprint density at radius 2 is 1.77 bits per heavy atom. The summed E-state index contributed by atoms with van der Waals surface area (Å²) < 4.78 is 0. The Kier molecular flexibility index (Phi) is 6.89. The third kappa shape index (κ3) is 4.48. The maximum absolute atomic E-state index is 12.4. The van der Waals surface area contributed by atoms with Gasteiger partial charge in [0.25, 0.3) is 0 Å². The second-order valence-electron chi connectivity index (χ2n) is 5.51. The lowest BCUT2D eigenvalue weighted by molar-refractivity contribution is -0.143. The van der Waals surface area contributed by atoms with Gasteiger partial charge in [0.1, 0.15) is 12.1 Å². The number of carboxylic acids is 1. The van der Waals surface area contributed by atoms with Gasteiger partial charge >= 0.3 is 5.97 Å². The van der Waals surface area contributed by atoms with Crippen molar-refractivity contribution in [3.63, 3.8) is 0 Å². The van der Waals surface area contributed by atoms with E-state index in [1.165, 1.54) is 0 Å². The van der Waals surface area contributed by atoms with E-state index in [0.717, 1.165) is 5.69 Å². The van der Waals surface area contributed by atoms with Gasteiger partial charge in [-0.05, 0) is 31.9 Å². The van der Waals surface area contributed by atoms with Crippen molar-refractivity contribution in [1.29, 1.82) is 0 Å². The number of hydrogen-bond donors (Lipinski definition) is 2.